The number of nitrogens with zero attached hydrogens (tertiary/aromatic N) is 1. The van der Waals surface area contributed by atoms with Crippen molar-refractivity contribution in [1.82, 2.24) is 0 Å². The van der Waals surface area contributed by atoms with Crippen LogP contribution in [0.1, 0.15) is 13.3 Å². The monoisotopic (exact) mass is 396 g/mol. The van der Waals surface area contributed by atoms with Gasteiger partial charge in [-0.2, -0.15) is 0 Å². The number of nitrogens with one attached hydrogen (secondary N) is 1. The van der Waals surface area contributed by atoms with Gasteiger partial charge >= 0.3 is 0 Å². The number of carbonyl (C=O) groups excluding carboxylic acids is 1. The number of hydrogen-bond acceptors (Lipinski definition) is 4. The highest BCUT2D eigenvalue weighted by molar-refractivity contribution is 7.92. The lowest BCUT2D eigenvalue weighted by Crippen LogP contribution is -2.47. The summed E-state index contributed by atoms with van der Waals surface area (Å²) in [5.41, 5.74) is 0.861. The molecule has 1 N–H and O–H groups in total. The smallest absolute Gasteiger partial charge is 0.248 e. The maximum atomic E-state index is 12.8. The molecule has 1 amide bonds. The van der Waals surface area contributed by atoms with Crippen LogP contribution in [0.4, 0.5) is 11.4 Å². The molecule has 0 bridgehead atoms. The second kappa shape index (κ2) is 8.42. The van der Waals surface area contributed by atoms with E-state index in [2.05, 4.69) is 5.32 Å². The van der Waals surface area contributed by atoms with Crippen molar-refractivity contribution in [3.63, 3.8) is 0 Å². The molecular weight excluding hydrogens is 376 g/mol. The second-order valence-electron chi connectivity index (χ2n) is 5.68. The third-order valence-corrected chi connectivity index (χ3v) is 5.14. The first-order valence-electron chi connectivity index (χ1n) is 7.96. The molecule has 26 heavy (non-hydrogen) atoms. The van der Waals surface area contributed by atoms with E-state index in [1.807, 2.05) is 0 Å². The molecule has 2 rings (SSSR count). The van der Waals surface area contributed by atoms with Crippen LogP contribution in [0.2, 0.25) is 5.02 Å². The summed E-state index contributed by atoms with van der Waals surface area (Å²) in [7, 11) is -2.18. The van der Waals surface area contributed by atoms with Gasteiger partial charge in [-0.25, -0.2) is 8.42 Å². The van der Waals surface area contributed by atoms with Gasteiger partial charge < -0.3 is 10.1 Å². The summed E-state index contributed by atoms with van der Waals surface area (Å²) in [6, 6.07) is 12.3. The summed E-state index contributed by atoms with van der Waals surface area (Å²) in [4.78, 5) is 12.8. The van der Waals surface area contributed by atoms with E-state index in [0.29, 0.717) is 22.1 Å². The van der Waals surface area contributed by atoms with Gasteiger partial charge in [0.15, 0.2) is 0 Å². The molecule has 2 aromatic carbocycles. The van der Waals surface area contributed by atoms with Crippen molar-refractivity contribution in [1.29, 1.82) is 0 Å². The zero-order chi connectivity index (χ0) is 19.3. The van der Waals surface area contributed by atoms with E-state index in [1.165, 1.54) is 13.2 Å². The number of methoxy groups -OCH3 is 1. The molecule has 0 aliphatic heterocycles. The zero-order valence-electron chi connectivity index (χ0n) is 14.8. The average Bonchev–Trinajstić information content (AvgIpc) is 2.58. The first-order chi connectivity index (χ1) is 12.3. The van der Waals surface area contributed by atoms with E-state index in [4.69, 9.17) is 16.3 Å². The maximum absolute atomic E-state index is 12.8. The van der Waals surface area contributed by atoms with Crippen LogP contribution in [0.15, 0.2) is 48.5 Å². The highest BCUT2D eigenvalue weighted by atomic mass is 35.5. The molecule has 0 aromatic heterocycles. The van der Waals surface area contributed by atoms with Crippen molar-refractivity contribution in [2.75, 3.05) is 23.0 Å². The summed E-state index contributed by atoms with van der Waals surface area (Å²) >= 11 is 5.99. The molecule has 2 aromatic rings. The highest BCUT2D eigenvalue weighted by Crippen LogP contribution is 2.26. The first-order valence-corrected chi connectivity index (χ1v) is 10.2. The van der Waals surface area contributed by atoms with Crippen LogP contribution >= 0.6 is 11.6 Å². The van der Waals surface area contributed by atoms with E-state index in [-0.39, 0.29) is 6.42 Å². The minimum Gasteiger partial charge on any atom is -0.497 e. The van der Waals surface area contributed by atoms with E-state index >= 15 is 0 Å². The molecule has 0 unspecified atom stereocenters. The number of sulfonamides is 1. The molecule has 0 fully saturated rings. The molecule has 0 saturated heterocycles. The fourth-order valence-corrected chi connectivity index (χ4v) is 3.99. The number of carbonyl (C=O) groups is 1. The lowest BCUT2D eigenvalue weighted by atomic mass is 10.1. The van der Waals surface area contributed by atoms with Gasteiger partial charge in [-0.05, 0) is 36.8 Å². The Hall–Kier alpha value is -2.25. The van der Waals surface area contributed by atoms with Crippen molar-refractivity contribution >= 4 is 38.9 Å². The van der Waals surface area contributed by atoms with Crippen LogP contribution in [-0.4, -0.2) is 33.7 Å². The van der Waals surface area contributed by atoms with Gasteiger partial charge in [-0.1, -0.05) is 30.7 Å². The summed E-state index contributed by atoms with van der Waals surface area (Å²) in [6.07, 6.45) is 1.35. The van der Waals surface area contributed by atoms with Crippen LogP contribution in [0.25, 0.3) is 0 Å². The van der Waals surface area contributed by atoms with Crippen molar-refractivity contribution in [2.45, 2.75) is 19.4 Å². The van der Waals surface area contributed by atoms with Crippen molar-refractivity contribution in [3.8, 4) is 5.75 Å². The Kier molecular flexibility index (Phi) is 6.50. The van der Waals surface area contributed by atoms with Gasteiger partial charge in [0.25, 0.3) is 0 Å². The Labute approximate surface area is 158 Å². The molecule has 0 aliphatic carbocycles. The topological polar surface area (TPSA) is 75.7 Å². The summed E-state index contributed by atoms with van der Waals surface area (Å²) < 4.78 is 31.0. The third kappa shape index (κ3) is 4.89. The van der Waals surface area contributed by atoms with Gasteiger partial charge in [-0.15, -0.1) is 0 Å². The SMILES string of the molecule is CC[C@H](C(=O)Nc1cccc(OC)c1)N(c1cccc(Cl)c1)S(C)(=O)=O. The Morgan fingerprint density at radius 1 is 1.23 bits per heavy atom. The largest absolute Gasteiger partial charge is 0.497 e. The number of halogens is 1. The molecule has 0 aliphatic rings. The molecule has 6 nitrogen and oxygen atoms in total. The van der Waals surface area contributed by atoms with Gasteiger partial charge in [-0.3, -0.25) is 9.10 Å². The summed E-state index contributed by atoms with van der Waals surface area (Å²) in [6.45, 7) is 1.75. The highest BCUT2D eigenvalue weighted by Gasteiger charge is 2.31. The molecule has 0 radical (unpaired) electrons. The molecular formula is C18H21ClN2O4S. The average molecular weight is 397 g/mol. The number of benzene rings is 2. The van der Waals surface area contributed by atoms with Crippen LogP contribution in [0.3, 0.4) is 0 Å². The third-order valence-electron chi connectivity index (χ3n) is 3.73. The van der Waals surface area contributed by atoms with Crippen LogP contribution in [0.5, 0.6) is 5.75 Å². The molecule has 8 heteroatoms. The number of amides is 1. The van der Waals surface area contributed by atoms with E-state index < -0.39 is 22.0 Å². The summed E-state index contributed by atoms with van der Waals surface area (Å²) in [5, 5.41) is 3.13. The number of ether oxygens (including phenoxy) is 1. The number of hydrogen-bond donors (Lipinski definition) is 1. The van der Waals surface area contributed by atoms with Gasteiger partial charge in [0.1, 0.15) is 11.8 Å². The van der Waals surface area contributed by atoms with E-state index in [1.54, 1.807) is 49.4 Å². The lowest BCUT2D eigenvalue weighted by molar-refractivity contribution is -0.117. The standard InChI is InChI=1S/C18H21ClN2O4S/c1-4-17(18(22)20-14-8-6-10-16(12-14)25-2)21(26(3,23)24)15-9-5-7-13(19)11-15/h5-12,17H,4H2,1-3H3,(H,20,22)/t17-/m1/s1. The fourth-order valence-electron chi connectivity index (χ4n) is 2.60. The Balaban J connectivity index is 2.36. The lowest BCUT2D eigenvalue weighted by Gasteiger charge is -2.30. The molecule has 0 spiro atoms. The molecule has 0 heterocycles. The van der Waals surface area contributed by atoms with Gasteiger partial charge in [0.05, 0.1) is 19.1 Å². The van der Waals surface area contributed by atoms with Crippen LogP contribution in [-0.2, 0) is 14.8 Å². The Morgan fingerprint density at radius 2 is 1.92 bits per heavy atom. The number of anilines is 2. The molecule has 0 saturated carbocycles. The predicted octanol–water partition coefficient (Wildman–Crippen LogP) is 3.53. The zero-order valence-corrected chi connectivity index (χ0v) is 16.3. The van der Waals surface area contributed by atoms with Crippen molar-refractivity contribution in [2.24, 2.45) is 0 Å². The predicted molar refractivity (Wildman–Crippen MR) is 104 cm³/mol. The fraction of sp³-hybridized carbons (Fsp3) is 0.278. The molecule has 1 atom stereocenters. The second-order valence-corrected chi connectivity index (χ2v) is 7.98. The first kappa shape index (κ1) is 20.1. The van der Waals surface area contributed by atoms with Crippen LogP contribution in [0, 0.1) is 0 Å². The van der Waals surface area contributed by atoms with Crippen molar-refractivity contribution in [3.05, 3.63) is 53.6 Å². The van der Waals surface area contributed by atoms with Crippen LogP contribution < -0.4 is 14.4 Å². The van der Waals surface area contributed by atoms with Gasteiger partial charge in [0.2, 0.25) is 15.9 Å². The van der Waals surface area contributed by atoms with Crippen molar-refractivity contribution < 1.29 is 17.9 Å². The normalized spacial score (nSPS) is 12.3. The van der Waals surface area contributed by atoms with Gasteiger partial charge in [0, 0.05) is 16.8 Å². The van der Waals surface area contributed by atoms with E-state index in [0.717, 1.165) is 10.6 Å². The minimum atomic E-state index is -3.71. The summed E-state index contributed by atoms with van der Waals surface area (Å²) in [5.74, 6) is 0.150. The maximum Gasteiger partial charge on any atom is 0.248 e. The minimum absolute atomic E-state index is 0.287. The quantitative estimate of drug-likeness (QED) is 0.776. The Bertz CT molecular complexity index is 886. The Morgan fingerprint density at radius 3 is 2.50 bits per heavy atom. The van der Waals surface area contributed by atoms with E-state index in [9.17, 15) is 13.2 Å². The number of rotatable bonds is 7. The molecule has 140 valence electrons.